The zero-order chi connectivity index (χ0) is 18.0. The number of ketones is 1. The van der Waals surface area contributed by atoms with Gasteiger partial charge in [0, 0.05) is 24.4 Å². The molecular weight excluding hydrogens is 322 g/mol. The lowest BCUT2D eigenvalue weighted by Gasteiger charge is -2.40. The van der Waals surface area contributed by atoms with Crippen LogP contribution in [0.2, 0.25) is 0 Å². The summed E-state index contributed by atoms with van der Waals surface area (Å²) in [6.45, 7) is 11.3. The Hall–Kier alpha value is -0.420. The maximum Gasteiger partial charge on any atom is 0.215 e. The molecule has 1 aliphatic heterocycles. The maximum absolute atomic E-state index is 13.2. The number of hydrogen-bond donors (Lipinski definition) is 0. The number of Topliss-reactive ketones (excluding diaryl/α,β-unsaturated/α-hetero) is 1. The average molecular weight is 356 g/mol. The van der Waals surface area contributed by atoms with Crippen molar-refractivity contribution < 1.29 is 13.2 Å². The molecule has 4 atom stereocenters. The number of rotatable bonds is 3. The molecule has 1 heterocycles. The van der Waals surface area contributed by atoms with Crippen molar-refractivity contribution in [2.45, 2.75) is 79.2 Å². The molecule has 3 fully saturated rings. The number of nitrogens with zero attached hydrogens (tertiary/aromatic N) is 1. The minimum absolute atomic E-state index is 0.00143. The van der Waals surface area contributed by atoms with Gasteiger partial charge in [0.1, 0.15) is 5.78 Å². The largest absolute Gasteiger partial charge is 0.299 e. The van der Waals surface area contributed by atoms with Gasteiger partial charge in [-0.1, -0.05) is 34.6 Å². The van der Waals surface area contributed by atoms with Crippen molar-refractivity contribution in [3.05, 3.63) is 0 Å². The third-order valence-corrected chi connectivity index (χ3v) is 8.76. The molecule has 2 aliphatic carbocycles. The van der Waals surface area contributed by atoms with Crippen LogP contribution in [0.5, 0.6) is 0 Å². The molecular formula is C19H33NO3S. The molecule has 0 aromatic heterocycles. The average Bonchev–Trinajstić information content (AvgIpc) is 2.64. The summed E-state index contributed by atoms with van der Waals surface area (Å²) >= 11 is 0. The molecule has 0 spiro atoms. The monoisotopic (exact) mass is 355 g/mol. The van der Waals surface area contributed by atoms with Crippen molar-refractivity contribution in [1.29, 1.82) is 0 Å². The Morgan fingerprint density at radius 3 is 2.46 bits per heavy atom. The van der Waals surface area contributed by atoms with Gasteiger partial charge in [0.05, 0.1) is 5.75 Å². The lowest BCUT2D eigenvalue weighted by Crippen LogP contribution is -2.46. The van der Waals surface area contributed by atoms with Gasteiger partial charge in [-0.15, -0.1) is 0 Å². The van der Waals surface area contributed by atoms with Gasteiger partial charge in [-0.2, -0.15) is 4.31 Å². The van der Waals surface area contributed by atoms with E-state index in [2.05, 4.69) is 27.7 Å². The summed E-state index contributed by atoms with van der Waals surface area (Å²) in [7, 11) is -3.40. The molecule has 138 valence electrons. The van der Waals surface area contributed by atoms with Gasteiger partial charge in [-0.05, 0) is 48.9 Å². The van der Waals surface area contributed by atoms with Gasteiger partial charge >= 0.3 is 0 Å². The molecule has 2 bridgehead atoms. The van der Waals surface area contributed by atoms with E-state index in [0.29, 0.717) is 25.3 Å². The molecule has 0 aromatic rings. The van der Waals surface area contributed by atoms with Crippen molar-refractivity contribution in [2.24, 2.45) is 22.2 Å². The van der Waals surface area contributed by atoms with Crippen LogP contribution in [0.15, 0.2) is 0 Å². The highest BCUT2D eigenvalue weighted by Gasteiger charge is 2.54. The van der Waals surface area contributed by atoms with Gasteiger partial charge < -0.3 is 0 Å². The van der Waals surface area contributed by atoms with Crippen LogP contribution in [-0.4, -0.2) is 36.8 Å². The van der Waals surface area contributed by atoms with E-state index in [1.807, 2.05) is 6.92 Å². The van der Waals surface area contributed by atoms with Crippen molar-refractivity contribution in [3.8, 4) is 0 Å². The Kier molecular flexibility index (Phi) is 4.24. The van der Waals surface area contributed by atoms with Crippen LogP contribution >= 0.6 is 0 Å². The first-order valence-corrected chi connectivity index (χ1v) is 11.0. The Bertz CT molecular complexity index is 641. The van der Waals surface area contributed by atoms with E-state index in [9.17, 15) is 13.2 Å². The van der Waals surface area contributed by atoms with Crippen molar-refractivity contribution in [3.63, 3.8) is 0 Å². The Morgan fingerprint density at radius 1 is 1.17 bits per heavy atom. The molecule has 0 N–H and O–H groups in total. The molecule has 0 aromatic carbocycles. The fraction of sp³-hybridized carbons (Fsp3) is 0.947. The van der Waals surface area contributed by atoms with Crippen LogP contribution in [0, 0.1) is 22.2 Å². The smallest absolute Gasteiger partial charge is 0.215 e. The minimum Gasteiger partial charge on any atom is -0.299 e. The molecule has 4 nitrogen and oxygen atoms in total. The van der Waals surface area contributed by atoms with Crippen LogP contribution < -0.4 is 0 Å². The third-order valence-electron chi connectivity index (χ3n) is 6.62. The van der Waals surface area contributed by atoms with Crippen LogP contribution in [0.25, 0.3) is 0 Å². The summed E-state index contributed by atoms with van der Waals surface area (Å²) in [5, 5.41) is 0. The number of carbonyl (C=O) groups is 1. The fourth-order valence-electron chi connectivity index (χ4n) is 5.74. The number of sulfonamides is 1. The normalized spacial score (nSPS) is 43.1. The summed E-state index contributed by atoms with van der Waals surface area (Å²) in [4.78, 5) is 12.5. The zero-order valence-corrected chi connectivity index (χ0v) is 16.7. The number of hydrogen-bond acceptors (Lipinski definition) is 3. The van der Waals surface area contributed by atoms with E-state index in [1.54, 1.807) is 4.31 Å². The van der Waals surface area contributed by atoms with Gasteiger partial charge in [-0.3, -0.25) is 4.79 Å². The summed E-state index contributed by atoms with van der Waals surface area (Å²) in [5.74, 6) is 0.524. The maximum atomic E-state index is 13.2. The Balaban J connectivity index is 1.81. The Morgan fingerprint density at radius 2 is 1.83 bits per heavy atom. The molecule has 24 heavy (non-hydrogen) atoms. The highest BCUT2D eigenvalue weighted by Crippen LogP contribution is 2.53. The highest BCUT2D eigenvalue weighted by atomic mass is 32.2. The minimum atomic E-state index is -3.40. The van der Waals surface area contributed by atoms with Gasteiger partial charge in [0.2, 0.25) is 10.0 Å². The zero-order valence-electron chi connectivity index (χ0n) is 15.9. The van der Waals surface area contributed by atoms with E-state index in [1.165, 1.54) is 0 Å². The second-order valence-electron chi connectivity index (χ2n) is 10.3. The van der Waals surface area contributed by atoms with Gasteiger partial charge in [0.15, 0.2) is 0 Å². The van der Waals surface area contributed by atoms with Crippen molar-refractivity contribution in [2.75, 3.05) is 12.3 Å². The SMILES string of the molecule is C[C@H]1CC[C@](C)(CS(=O)(=O)N2CC3(C)CC2CC(C)(C)C3)C(=O)C1. The van der Waals surface area contributed by atoms with Gasteiger partial charge in [-0.25, -0.2) is 8.42 Å². The van der Waals surface area contributed by atoms with Crippen molar-refractivity contribution >= 4 is 15.8 Å². The molecule has 2 saturated carbocycles. The summed E-state index contributed by atoms with van der Waals surface area (Å²) < 4.78 is 28.2. The summed E-state index contributed by atoms with van der Waals surface area (Å²) in [6, 6.07) is 0.116. The molecule has 1 saturated heterocycles. The van der Waals surface area contributed by atoms with Gasteiger partial charge in [0.25, 0.3) is 0 Å². The lowest BCUT2D eigenvalue weighted by atomic mass is 9.65. The third kappa shape index (κ3) is 3.31. The first-order chi connectivity index (χ1) is 10.8. The number of carbonyl (C=O) groups excluding carboxylic acids is 1. The Labute approximate surface area is 147 Å². The summed E-state index contributed by atoms with van der Waals surface area (Å²) in [5.41, 5.74) is -0.411. The lowest BCUT2D eigenvalue weighted by molar-refractivity contribution is -0.130. The van der Waals surface area contributed by atoms with E-state index >= 15 is 0 Å². The molecule has 0 radical (unpaired) electrons. The predicted molar refractivity (Wildman–Crippen MR) is 96.1 cm³/mol. The van der Waals surface area contributed by atoms with Crippen LogP contribution in [0.4, 0.5) is 0 Å². The molecule has 3 rings (SSSR count). The quantitative estimate of drug-likeness (QED) is 0.777. The number of fused-ring (bicyclic) bond motifs is 2. The molecule has 0 amide bonds. The van der Waals surface area contributed by atoms with E-state index in [-0.39, 0.29) is 28.4 Å². The topological polar surface area (TPSA) is 54.5 Å². The van der Waals surface area contributed by atoms with Crippen LogP contribution in [0.3, 0.4) is 0 Å². The standard InChI is InChI=1S/C19H33NO3S/c1-14-6-7-19(5,16(21)8-14)13-24(22,23)20-12-18(4)10-15(20)9-17(2,3)11-18/h14-15H,6-13H2,1-5H3/t14-,15?,18?,19+/m0/s1. The van der Waals surface area contributed by atoms with E-state index in [0.717, 1.165) is 25.7 Å². The molecule has 3 aliphatic rings. The second kappa shape index (κ2) is 5.54. The van der Waals surface area contributed by atoms with Crippen LogP contribution in [0.1, 0.15) is 73.1 Å². The predicted octanol–water partition coefficient (Wildman–Crippen LogP) is 3.61. The first kappa shape index (κ1) is 18.4. The summed E-state index contributed by atoms with van der Waals surface area (Å²) in [6.07, 6.45) is 5.16. The van der Waals surface area contributed by atoms with Crippen LogP contribution in [-0.2, 0) is 14.8 Å². The fourth-order valence-corrected chi connectivity index (χ4v) is 8.13. The first-order valence-electron chi connectivity index (χ1n) is 9.37. The van der Waals surface area contributed by atoms with E-state index in [4.69, 9.17) is 0 Å². The highest BCUT2D eigenvalue weighted by molar-refractivity contribution is 7.89. The van der Waals surface area contributed by atoms with Crippen molar-refractivity contribution in [1.82, 2.24) is 4.31 Å². The van der Waals surface area contributed by atoms with E-state index < -0.39 is 15.4 Å². The molecule has 2 unspecified atom stereocenters. The second-order valence-corrected chi connectivity index (χ2v) is 12.3. The molecule has 5 heteroatoms.